The summed E-state index contributed by atoms with van der Waals surface area (Å²) in [4.78, 5) is 25.9. The fourth-order valence-corrected chi connectivity index (χ4v) is 5.04. The van der Waals surface area contributed by atoms with Crippen LogP contribution in [0.2, 0.25) is 0 Å². The molecule has 0 saturated carbocycles. The number of fused-ring (bicyclic) bond motifs is 1. The van der Waals surface area contributed by atoms with Crippen LogP contribution in [0.5, 0.6) is 0 Å². The maximum Gasteiger partial charge on any atom is 0.330 e. The van der Waals surface area contributed by atoms with Crippen LogP contribution in [0, 0.1) is 0 Å². The molecule has 0 aromatic heterocycles. The van der Waals surface area contributed by atoms with Crippen molar-refractivity contribution in [3.63, 3.8) is 0 Å². The second kappa shape index (κ2) is 11.5. The van der Waals surface area contributed by atoms with Gasteiger partial charge in [-0.3, -0.25) is 19.1 Å². The first-order chi connectivity index (χ1) is 13.5. The summed E-state index contributed by atoms with van der Waals surface area (Å²) in [6, 6.07) is 6.75. The highest BCUT2D eigenvalue weighted by atomic mass is 31.2. The number of nitrogens with zero attached hydrogens (tertiary/aromatic N) is 1. The molecule has 2 amide bonds. The van der Waals surface area contributed by atoms with E-state index in [1.54, 1.807) is 31.2 Å². The molecule has 1 aliphatic rings. The minimum absolute atomic E-state index is 0.0131. The van der Waals surface area contributed by atoms with E-state index in [0.29, 0.717) is 23.9 Å². The Labute approximate surface area is 168 Å². The Balaban J connectivity index is 1.77. The minimum Gasteiger partial charge on any atom is -0.309 e. The largest absolute Gasteiger partial charge is 0.330 e. The third-order valence-corrected chi connectivity index (χ3v) is 6.93. The highest BCUT2D eigenvalue weighted by Gasteiger charge is 2.35. The molecule has 0 radical (unpaired) electrons. The number of hydrogen-bond donors (Lipinski definition) is 0. The van der Waals surface area contributed by atoms with Crippen molar-refractivity contribution >= 4 is 19.4 Å². The second-order valence-corrected chi connectivity index (χ2v) is 9.20. The smallest absolute Gasteiger partial charge is 0.309 e. The van der Waals surface area contributed by atoms with Gasteiger partial charge in [0.1, 0.15) is 0 Å². The van der Waals surface area contributed by atoms with Crippen LogP contribution >= 0.6 is 7.60 Å². The number of carbonyl (C=O) groups is 2. The van der Waals surface area contributed by atoms with Gasteiger partial charge in [0.05, 0.1) is 37.0 Å². The Bertz CT molecular complexity index is 671. The zero-order valence-corrected chi connectivity index (χ0v) is 17.9. The van der Waals surface area contributed by atoms with Gasteiger partial charge in [0.15, 0.2) is 0 Å². The molecule has 2 rings (SSSR count). The maximum absolute atomic E-state index is 12.9. The summed E-state index contributed by atoms with van der Waals surface area (Å²) in [5.74, 6) is -0.662. The predicted octanol–water partition coefficient (Wildman–Crippen LogP) is 5.28. The summed E-state index contributed by atoms with van der Waals surface area (Å²) in [6.45, 7) is 4.36. The molecule has 0 aliphatic carbocycles. The van der Waals surface area contributed by atoms with E-state index < -0.39 is 7.60 Å². The maximum atomic E-state index is 12.9. The van der Waals surface area contributed by atoms with E-state index in [-0.39, 0.29) is 25.0 Å². The molecule has 0 N–H and O–H groups in total. The Morgan fingerprint density at radius 1 is 0.857 bits per heavy atom. The monoisotopic (exact) mass is 409 g/mol. The van der Waals surface area contributed by atoms with Crippen molar-refractivity contribution in [2.24, 2.45) is 0 Å². The van der Waals surface area contributed by atoms with E-state index in [1.165, 1.54) is 25.7 Å². The summed E-state index contributed by atoms with van der Waals surface area (Å²) in [6.07, 6.45) is 8.22. The second-order valence-electron chi connectivity index (χ2n) is 7.01. The molecule has 6 nitrogen and oxygen atoms in total. The van der Waals surface area contributed by atoms with Crippen molar-refractivity contribution in [1.29, 1.82) is 0 Å². The van der Waals surface area contributed by atoms with Crippen LogP contribution in [-0.4, -0.2) is 42.6 Å². The Kier molecular flexibility index (Phi) is 9.36. The number of amides is 2. The number of unbranched alkanes of at least 4 members (excludes halogenated alkanes) is 6. The standard InChI is InChI=1S/C21H32NO5P/c1-3-5-6-7-8-9-12-17-28(25,26-4-2)27-16-15-22-20(23)18-13-10-11-14-19(18)21(22)24/h10-11,13-14H,3-9,12,15-17H2,1-2H3. The molecule has 1 aliphatic heterocycles. The van der Waals surface area contributed by atoms with Crippen molar-refractivity contribution in [2.45, 2.75) is 58.8 Å². The zero-order valence-electron chi connectivity index (χ0n) is 17.0. The van der Waals surface area contributed by atoms with Crippen molar-refractivity contribution in [2.75, 3.05) is 25.9 Å². The van der Waals surface area contributed by atoms with Gasteiger partial charge >= 0.3 is 7.60 Å². The van der Waals surface area contributed by atoms with E-state index >= 15 is 0 Å². The van der Waals surface area contributed by atoms with Gasteiger partial charge in [-0.15, -0.1) is 0 Å². The average molecular weight is 409 g/mol. The first kappa shape index (κ1) is 22.8. The van der Waals surface area contributed by atoms with Crippen LogP contribution < -0.4 is 0 Å². The quantitative estimate of drug-likeness (QED) is 0.237. The molecule has 1 atom stereocenters. The van der Waals surface area contributed by atoms with Gasteiger partial charge < -0.3 is 9.05 Å². The SMILES string of the molecule is CCCCCCCCCP(=O)(OCC)OCCN1C(=O)c2ccccc2C1=O. The van der Waals surface area contributed by atoms with Gasteiger partial charge in [-0.05, 0) is 25.5 Å². The molecule has 28 heavy (non-hydrogen) atoms. The molecule has 1 aromatic carbocycles. The highest BCUT2D eigenvalue weighted by Crippen LogP contribution is 2.49. The Hall–Kier alpha value is -1.49. The average Bonchev–Trinajstić information content (AvgIpc) is 2.93. The summed E-state index contributed by atoms with van der Waals surface area (Å²) in [7, 11) is -3.20. The lowest BCUT2D eigenvalue weighted by molar-refractivity contribution is 0.0623. The molecule has 0 spiro atoms. The molecule has 7 heteroatoms. The highest BCUT2D eigenvalue weighted by molar-refractivity contribution is 7.53. The van der Waals surface area contributed by atoms with Crippen molar-refractivity contribution < 1.29 is 23.2 Å². The number of benzene rings is 1. The Morgan fingerprint density at radius 3 is 2.00 bits per heavy atom. The van der Waals surface area contributed by atoms with Gasteiger partial charge in [-0.25, -0.2) is 0 Å². The van der Waals surface area contributed by atoms with Crippen LogP contribution in [0.3, 0.4) is 0 Å². The van der Waals surface area contributed by atoms with Crippen LogP contribution in [0.25, 0.3) is 0 Å². The third kappa shape index (κ3) is 6.26. The molecule has 0 fully saturated rings. The lowest BCUT2D eigenvalue weighted by Gasteiger charge is -2.20. The molecule has 1 heterocycles. The fraction of sp³-hybridized carbons (Fsp3) is 0.619. The summed E-state index contributed by atoms with van der Waals surface area (Å²) in [5.41, 5.74) is 0.812. The van der Waals surface area contributed by atoms with Crippen molar-refractivity contribution in [3.8, 4) is 0 Å². The molecule has 0 bridgehead atoms. The number of imide groups is 1. The summed E-state index contributed by atoms with van der Waals surface area (Å²) >= 11 is 0. The fourth-order valence-electron chi connectivity index (χ4n) is 3.34. The lowest BCUT2D eigenvalue weighted by Crippen LogP contribution is -2.32. The van der Waals surface area contributed by atoms with E-state index in [4.69, 9.17) is 9.05 Å². The Morgan fingerprint density at radius 2 is 1.43 bits per heavy atom. The number of hydrogen-bond acceptors (Lipinski definition) is 5. The lowest BCUT2D eigenvalue weighted by atomic mass is 10.1. The van der Waals surface area contributed by atoms with Gasteiger partial charge in [0.25, 0.3) is 11.8 Å². The minimum atomic E-state index is -3.20. The first-order valence-corrected chi connectivity index (χ1v) is 12.1. The summed E-state index contributed by atoms with van der Waals surface area (Å²) < 4.78 is 23.8. The number of carbonyl (C=O) groups excluding carboxylic acids is 2. The molecule has 1 unspecified atom stereocenters. The molecule has 156 valence electrons. The van der Waals surface area contributed by atoms with Gasteiger partial charge in [-0.1, -0.05) is 57.6 Å². The molecular formula is C21H32NO5P. The van der Waals surface area contributed by atoms with E-state index in [0.717, 1.165) is 24.2 Å². The van der Waals surface area contributed by atoms with Gasteiger partial charge in [-0.2, -0.15) is 0 Å². The van der Waals surface area contributed by atoms with E-state index in [9.17, 15) is 14.2 Å². The van der Waals surface area contributed by atoms with Crippen LogP contribution in [-0.2, 0) is 13.6 Å². The normalized spacial score (nSPS) is 15.7. The molecule has 0 saturated heterocycles. The van der Waals surface area contributed by atoms with Gasteiger partial charge in [0, 0.05) is 0 Å². The molecule has 1 aromatic rings. The van der Waals surface area contributed by atoms with Crippen molar-refractivity contribution in [3.05, 3.63) is 35.4 Å². The predicted molar refractivity (Wildman–Crippen MR) is 110 cm³/mol. The third-order valence-electron chi connectivity index (χ3n) is 4.84. The van der Waals surface area contributed by atoms with E-state index in [2.05, 4.69) is 6.92 Å². The number of rotatable bonds is 14. The first-order valence-electron chi connectivity index (χ1n) is 10.4. The van der Waals surface area contributed by atoms with Crippen molar-refractivity contribution in [1.82, 2.24) is 4.90 Å². The van der Waals surface area contributed by atoms with Crippen LogP contribution in [0.1, 0.15) is 79.5 Å². The van der Waals surface area contributed by atoms with Gasteiger partial charge in [0.2, 0.25) is 0 Å². The van der Waals surface area contributed by atoms with Crippen LogP contribution in [0.15, 0.2) is 24.3 Å². The molecular weight excluding hydrogens is 377 g/mol. The van der Waals surface area contributed by atoms with E-state index in [1.807, 2.05) is 0 Å². The summed E-state index contributed by atoms with van der Waals surface area (Å²) in [5, 5.41) is 0. The van der Waals surface area contributed by atoms with Crippen LogP contribution in [0.4, 0.5) is 0 Å². The topological polar surface area (TPSA) is 72.9 Å². The zero-order chi connectivity index (χ0) is 20.4.